The zero-order valence-corrected chi connectivity index (χ0v) is 27.9. The molecule has 3 heteroatoms. The maximum absolute atomic E-state index is 11.6. The number of benzene rings is 2. The van der Waals surface area contributed by atoms with Crippen molar-refractivity contribution >= 4 is 11.4 Å². The second-order valence-electron chi connectivity index (χ2n) is 11.6. The number of unbranched alkanes of at least 4 members (excludes halogenated alkanes) is 11. The second-order valence-corrected chi connectivity index (χ2v) is 12.6. The number of aryl methyl sites for hydroxylation is 2. The normalized spacial score (nSPS) is 13.0. The van der Waals surface area contributed by atoms with Crippen LogP contribution in [0.2, 0.25) is 11.8 Å². The van der Waals surface area contributed by atoms with E-state index < -0.39 is 0 Å². The zero-order valence-electron chi connectivity index (χ0n) is 26.9. The molecular formula is C38H58N2Ni. The number of hydrogen-bond donors (Lipinski definition) is 0. The molecule has 41 heavy (non-hydrogen) atoms. The summed E-state index contributed by atoms with van der Waals surface area (Å²) < 4.78 is 1.48. The number of allylic oxidation sites excluding steroid dienone is 2. The Bertz CT molecular complexity index is 1080. The molecule has 1 aliphatic heterocycles. The zero-order chi connectivity index (χ0) is 29.7. The van der Waals surface area contributed by atoms with Crippen molar-refractivity contribution in [2.24, 2.45) is 0 Å². The molecule has 0 saturated heterocycles. The molecule has 1 heterocycles. The van der Waals surface area contributed by atoms with Crippen LogP contribution in [0.25, 0.3) is 16.9 Å². The van der Waals surface area contributed by atoms with Crippen LogP contribution in [0.3, 0.4) is 0 Å². The molecular weight excluding hydrogens is 543 g/mol. The van der Waals surface area contributed by atoms with Gasteiger partial charge in [0, 0.05) is 22.8 Å². The van der Waals surface area contributed by atoms with Gasteiger partial charge in [0.1, 0.15) is 0 Å². The predicted molar refractivity (Wildman–Crippen MR) is 177 cm³/mol. The average molecular weight is 602 g/mol. The third-order valence-electron chi connectivity index (χ3n) is 7.92. The minimum absolute atomic E-state index is 0.917. The summed E-state index contributed by atoms with van der Waals surface area (Å²) in [5.74, 6) is 4.12. The van der Waals surface area contributed by atoms with E-state index in [9.17, 15) is 5.53 Å². The van der Waals surface area contributed by atoms with Crippen LogP contribution in [0, 0.1) is 0 Å². The molecule has 230 valence electrons. The second kappa shape index (κ2) is 21.7. The Morgan fingerprint density at radius 3 is 1.63 bits per heavy atom. The number of rotatable bonds is 19. The van der Waals surface area contributed by atoms with Crippen molar-refractivity contribution in [1.82, 2.24) is 0 Å². The van der Waals surface area contributed by atoms with Gasteiger partial charge in [-0.2, -0.15) is 0 Å². The van der Waals surface area contributed by atoms with Crippen LogP contribution >= 0.6 is 0 Å². The Balaban J connectivity index is 0.00000187. The summed E-state index contributed by atoms with van der Waals surface area (Å²) in [4.78, 5) is 0. The van der Waals surface area contributed by atoms with Crippen LogP contribution in [-0.2, 0) is 27.3 Å². The van der Waals surface area contributed by atoms with E-state index in [2.05, 4.69) is 87.2 Å². The predicted octanol–water partition coefficient (Wildman–Crippen LogP) is 12.6. The van der Waals surface area contributed by atoms with Gasteiger partial charge in [0.25, 0.3) is 0 Å². The van der Waals surface area contributed by atoms with Crippen molar-refractivity contribution in [3.05, 3.63) is 88.0 Å². The molecule has 0 aliphatic carbocycles. The Labute approximate surface area is 259 Å². The molecule has 0 saturated carbocycles. The van der Waals surface area contributed by atoms with Gasteiger partial charge in [0.15, 0.2) is 0 Å². The maximum atomic E-state index is 11.6. The van der Waals surface area contributed by atoms with Gasteiger partial charge in [-0.1, -0.05) is 116 Å². The molecule has 3 rings (SSSR count). The van der Waals surface area contributed by atoms with Gasteiger partial charge >= 0.3 is 26.2 Å². The van der Waals surface area contributed by atoms with Gasteiger partial charge in [0.2, 0.25) is 11.4 Å². The molecule has 0 N–H and O–H groups in total. The third kappa shape index (κ3) is 12.8. The van der Waals surface area contributed by atoms with E-state index in [1.165, 1.54) is 111 Å². The average Bonchev–Trinajstić information content (AvgIpc) is 3.32. The third-order valence-corrected chi connectivity index (χ3v) is 7.92. The molecule has 0 unspecified atom stereocenters. The van der Waals surface area contributed by atoms with Crippen molar-refractivity contribution < 1.29 is 19.1 Å². The van der Waals surface area contributed by atoms with E-state index in [4.69, 9.17) is 0 Å². The van der Waals surface area contributed by atoms with Crippen molar-refractivity contribution in [1.29, 1.82) is 0 Å². The van der Waals surface area contributed by atoms with Crippen LogP contribution in [0.4, 0.5) is 0 Å². The van der Waals surface area contributed by atoms with Crippen molar-refractivity contribution in [2.45, 2.75) is 142 Å². The summed E-state index contributed by atoms with van der Waals surface area (Å²) >= 11 is 1.62. The van der Waals surface area contributed by atoms with Crippen LogP contribution in [-0.4, -0.2) is 4.70 Å². The summed E-state index contributed by atoms with van der Waals surface area (Å²) in [5, 5.41) is 0. The van der Waals surface area contributed by atoms with Gasteiger partial charge in [-0.25, -0.2) is 4.70 Å². The van der Waals surface area contributed by atoms with E-state index in [0.717, 1.165) is 41.8 Å². The topological polar surface area (TPSA) is 25.3 Å². The summed E-state index contributed by atoms with van der Waals surface area (Å²) in [6.45, 7) is 6.79. The first-order chi connectivity index (χ1) is 20.1. The summed E-state index contributed by atoms with van der Waals surface area (Å²) in [6, 6.07) is 17.7. The van der Waals surface area contributed by atoms with Crippen LogP contribution in [0.5, 0.6) is 0 Å². The number of nitrogens with zero attached hydrogens (tertiary/aromatic N) is 2. The van der Waals surface area contributed by atoms with Crippen molar-refractivity contribution in [3.63, 3.8) is 0 Å². The summed E-state index contributed by atoms with van der Waals surface area (Å²) in [7, 11) is 0. The van der Waals surface area contributed by atoms with Crippen molar-refractivity contribution in [3.8, 4) is 0 Å². The number of hydrogen-bond acceptors (Lipinski definition) is 0. The first-order valence-electron chi connectivity index (χ1n) is 16.4. The first-order valence-corrected chi connectivity index (χ1v) is 18.4. The fourth-order valence-corrected chi connectivity index (χ4v) is 5.60. The van der Waals surface area contributed by atoms with Gasteiger partial charge in [-0.15, -0.1) is 0 Å². The molecule has 0 radical (unpaired) electrons. The van der Waals surface area contributed by atoms with Crippen LogP contribution in [0.1, 0.15) is 139 Å². The molecule has 1 aliphatic rings. The van der Waals surface area contributed by atoms with Crippen LogP contribution in [0.15, 0.2) is 60.2 Å². The molecule has 0 fully saturated rings. The van der Waals surface area contributed by atoms with Crippen molar-refractivity contribution in [2.75, 3.05) is 0 Å². The first kappa shape index (κ1) is 35.2. The molecule has 2 nitrogen and oxygen atoms in total. The molecule has 2 aromatic rings. The Morgan fingerprint density at radius 1 is 0.585 bits per heavy atom. The fourth-order valence-electron chi connectivity index (χ4n) is 5.60. The van der Waals surface area contributed by atoms with Gasteiger partial charge in [-0.05, 0) is 73.9 Å². The van der Waals surface area contributed by atoms with Gasteiger partial charge < -0.3 is 5.53 Å². The molecule has 0 bridgehead atoms. The van der Waals surface area contributed by atoms with E-state index in [-0.39, 0.29) is 0 Å². The van der Waals surface area contributed by atoms with E-state index in [1.807, 2.05) is 0 Å². The molecule has 0 spiro atoms. The Kier molecular flexibility index (Phi) is 18.6. The fraction of sp³-hybridized carbons (Fsp3) is 0.579. The van der Waals surface area contributed by atoms with Gasteiger partial charge in [-0.3, -0.25) is 0 Å². The minimum atomic E-state index is 0.917. The van der Waals surface area contributed by atoms with Gasteiger partial charge in [0.05, 0.1) is 0 Å². The summed E-state index contributed by atoms with van der Waals surface area (Å²) in [5.41, 5.74) is 19.7. The Hall–Kier alpha value is -1.99. The standard InChI is InChI=1S/C36H52N2.2CH3.Ni/c1-4-7-10-12-14-16-21-31-23-19-26-33(28-31)36-34(24-17-15-13-11-8-5-2)29-35(38(36)37)32-25-18-22-30(27-32)20-9-6-3;;;/h18-19,22-23,25-29H,4-17,20-21,24H2,1-3H3;2*1H3;. The summed E-state index contributed by atoms with van der Waals surface area (Å²) in [6.07, 6.45) is 23.5. The quantitative estimate of drug-likeness (QED) is 0.0870. The molecule has 2 aromatic carbocycles. The SMILES string of the molecule is CCCCCCCCC1=C(c2cccc(CCCCCCCC)c2)[N+](=[N-])C(c2cccc(CCCC)c2)=C1.[CH3][Ni][CH3]. The van der Waals surface area contributed by atoms with Crippen LogP contribution < -0.4 is 0 Å². The Morgan fingerprint density at radius 2 is 1.05 bits per heavy atom. The van der Waals surface area contributed by atoms with E-state index >= 15 is 0 Å². The molecule has 0 amide bonds. The molecule has 0 aromatic heterocycles. The van der Waals surface area contributed by atoms with E-state index in [1.54, 1.807) is 14.4 Å². The monoisotopic (exact) mass is 600 g/mol. The molecule has 0 atom stereocenters. The van der Waals surface area contributed by atoms with E-state index in [0.29, 0.717) is 0 Å².